The van der Waals surface area contributed by atoms with Gasteiger partial charge in [-0.25, -0.2) is 4.98 Å². The van der Waals surface area contributed by atoms with Crippen molar-refractivity contribution in [2.24, 2.45) is 0 Å². The SMILES string of the molecule is CNC(=O)c1cc(Oc2ccc3nc(Nc4ccccc4)sc3c2)ccn1. The van der Waals surface area contributed by atoms with Gasteiger partial charge >= 0.3 is 0 Å². The highest BCUT2D eigenvalue weighted by molar-refractivity contribution is 7.22. The summed E-state index contributed by atoms with van der Waals surface area (Å²) >= 11 is 1.55. The van der Waals surface area contributed by atoms with Crippen molar-refractivity contribution in [2.45, 2.75) is 0 Å². The number of carbonyl (C=O) groups excluding carboxylic acids is 1. The monoisotopic (exact) mass is 376 g/mol. The van der Waals surface area contributed by atoms with Crippen LogP contribution >= 0.6 is 11.3 Å². The molecule has 6 nitrogen and oxygen atoms in total. The molecule has 134 valence electrons. The summed E-state index contributed by atoms with van der Waals surface area (Å²) in [4.78, 5) is 20.3. The molecule has 0 aliphatic heterocycles. The van der Waals surface area contributed by atoms with Gasteiger partial charge in [-0.15, -0.1) is 0 Å². The number of nitrogens with zero attached hydrogens (tertiary/aromatic N) is 2. The zero-order valence-electron chi connectivity index (χ0n) is 14.5. The number of benzene rings is 2. The zero-order chi connectivity index (χ0) is 18.6. The van der Waals surface area contributed by atoms with E-state index in [2.05, 4.69) is 20.6 Å². The summed E-state index contributed by atoms with van der Waals surface area (Å²) in [6, 6.07) is 18.9. The first kappa shape index (κ1) is 17.0. The molecule has 0 bridgehead atoms. The van der Waals surface area contributed by atoms with Gasteiger partial charge in [0.2, 0.25) is 0 Å². The molecule has 0 atom stereocenters. The Bertz CT molecular complexity index is 1100. The van der Waals surface area contributed by atoms with Crippen molar-refractivity contribution in [1.29, 1.82) is 0 Å². The Kier molecular flexibility index (Phi) is 4.67. The molecule has 2 aromatic carbocycles. The number of carbonyl (C=O) groups is 1. The maximum absolute atomic E-state index is 11.7. The van der Waals surface area contributed by atoms with Crippen LogP contribution in [0.15, 0.2) is 66.9 Å². The highest BCUT2D eigenvalue weighted by atomic mass is 32.1. The summed E-state index contributed by atoms with van der Waals surface area (Å²) in [5.41, 5.74) is 2.20. The highest BCUT2D eigenvalue weighted by Crippen LogP contribution is 2.32. The van der Waals surface area contributed by atoms with Crippen molar-refractivity contribution in [3.05, 3.63) is 72.6 Å². The summed E-state index contributed by atoms with van der Waals surface area (Å²) in [6.45, 7) is 0. The number of nitrogens with one attached hydrogen (secondary N) is 2. The van der Waals surface area contributed by atoms with Gasteiger partial charge < -0.3 is 15.4 Å². The molecule has 2 aromatic heterocycles. The molecule has 0 aliphatic carbocycles. The van der Waals surface area contributed by atoms with E-state index < -0.39 is 0 Å². The van der Waals surface area contributed by atoms with E-state index in [4.69, 9.17) is 4.74 Å². The molecule has 0 saturated heterocycles. The van der Waals surface area contributed by atoms with Crippen LogP contribution in [0.5, 0.6) is 11.5 Å². The Morgan fingerprint density at radius 3 is 2.67 bits per heavy atom. The van der Waals surface area contributed by atoms with E-state index in [9.17, 15) is 4.79 Å². The van der Waals surface area contributed by atoms with Crippen LogP contribution in [-0.4, -0.2) is 22.9 Å². The lowest BCUT2D eigenvalue weighted by atomic mass is 10.3. The number of pyridine rings is 1. The number of fused-ring (bicyclic) bond motifs is 1. The molecule has 2 N–H and O–H groups in total. The van der Waals surface area contributed by atoms with E-state index >= 15 is 0 Å². The number of thiazole rings is 1. The number of hydrogen-bond acceptors (Lipinski definition) is 6. The first-order chi connectivity index (χ1) is 13.2. The van der Waals surface area contributed by atoms with Crippen molar-refractivity contribution in [1.82, 2.24) is 15.3 Å². The summed E-state index contributed by atoms with van der Waals surface area (Å²) in [7, 11) is 1.57. The smallest absolute Gasteiger partial charge is 0.269 e. The number of amides is 1. The fourth-order valence-corrected chi connectivity index (χ4v) is 3.44. The van der Waals surface area contributed by atoms with Gasteiger partial charge in [-0.1, -0.05) is 29.5 Å². The lowest BCUT2D eigenvalue weighted by Crippen LogP contribution is -2.18. The van der Waals surface area contributed by atoms with Gasteiger partial charge in [0.15, 0.2) is 5.13 Å². The minimum absolute atomic E-state index is 0.255. The maximum atomic E-state index is 11.7. The summed E-state index contributed by atoms with van der Waals surface area (Å²) in [6.07, 6.45) is 1.55. The standard InChI is InChI=1S/C20H16N4O2S/c1-21-19(25)17-11-15(9-10-22-17)26-14-7-8-16-18(12-14)27-20(24-16)23-13-5-3-2-4-6-13/h2-12H,1H3,(H,21,25)(H,23,24). The second-order valence-corrected chi connectivity index (χ2v) is 6.73. The molecule has 4 aromatic rings. The van der Waals surface area contributed by atoms with Gasteiger partial charge in [0.25, 0.3) is 5.91 Å². The lowest BCUT2D eigenvalue weighted by Gasteiger charge is -2.06. The number of anilines is 2. The second-order valence-electron chi connectivity index (χ2n) is 5.70. The number of aromatic nitrogens is 2. The van der Waals surface area contributed by atoms with Crippen molar-refractivity contribution in [2.75, 3.05) is 12.4 Å². The van der Waals surface area contributed by atoms with Gasteiger partial charge in [0, 0.05) is 31.1 Å². The van der Waals surface area contributed by atoms with Gasteiger partial charge in [0.1, 0.15) is 17.2 Å². The van der Waals surface area contributed by atoms with E-state index in [1.54, 1.807) is 36.7 Å². The van der Waals surface area contributed by atoms with Crippen LogP contribution in [0.3, 0.4) is 0 Å². The van der Waals surface area contributed by atoms with Crippen molar-refractivity contribution < 1.29 is 9.53 Å². The molecule has 0 unspecified atom stereocenters. The molecule has 0 radical (unpaired) electrons. The van der Waals surface area contributed by atoms with Crippen LogP contribution in [0.2, 0.25) is 0 Å². The van der Waals surface area contributed by atoms with E-state index in [0.29, 0.717) is 17.2 Å². The van der Waals surface area contributed by atoms with Gasteiger partial charge in [0.05, 0.1) is 10.2 Å². The van der Waals surface area contributed by atoms with Crippen LogP contribution in [0, 0.1) is 0 Å². The molecule has 1 amide bonds. The van der Waals surface area contributed by atoms with Gasteiger partial charge in [-0.3, -0.25) is 9.78 Å². The van der Waals surface area contributed by atoms with Crippen molar-refractivity contribution in [3.63, 3.8) is 0 Å². The van der Waals surface area contributed by atoms with Crippen LogP contribution in [-0.2, 0) is 0 Å². The first-order valence-corrected chi connectivity index (χ1v) is 9.11. The van der Waals surface area contributed by atoms with E-state index in [-0.39, 0.29) is 5.91 Å². The summed E-state index contributed by atoms with van der Waals surface area (Å²) < 4.78 is 6.89. The first-order valence-electron chi connectivity index (χ1n) is 8.30. The molecule has 0 aliphatic rings. The number of para-hydroxylation sites is 1. The zero-order valence-corrected chi connectivity index (χ0v) is 15.3. The largest absolute Gasteiger partial charge is 0.457 e. The Hall–Kier alpha value is -3.45. The predicted octanol–water partition coefficient (Wildman–Crippen LogP) is 4.59. The van der Waals surface area contributed by atoms with E-state index in [1.165, 1.54) is 0 Å². The van der Waals surface area contributed by atoms with Crippen molar-refractivity contribution in [3.8, 4) is 11.5 Å². The Balaban J connectivity index is 1.56. The fourth-order valence-electron chi connectivity index (χ4n) is 2.53. The second kappa shape index (κ2) is 7.43. The number of hydrogen-bond donors (Lipinski definition) is 2. The summed E-state index contributed by atoms with van der Waals surface area (Å²) in [5.74, 6) is 0.969. The lowest BCUT2D eigenvalue weighted by molar-refractivity contribution is 0.0958. The average Bonchev–Trinajstić information content (AvgIpc) is 3.10. The predicted molar refractivity (Wildman–Crippen MR) is 107 cm³/mol. The number of ether oxygens (including phenoxy) is 1. The van der Waals surface area contributed by atoms with E-state index in [1.807, 2.05) is 48.5 Å². The molecular formula is C20H16N4O2S. The molecule has 4 rings (SSSR count). The minimum Gasteiger partial charge on any atom is -0.457 e. The maximum Gasteiger partial charge on any atom is 0.269 e. The van der Waals surface area contributed by atoms with Crippen LogP contribution in [0.1, 0.15) is 10.5 Å². The van der Waals surface area contributed by atoms with Crippen LogP contribution < -0.4 is 15.4 Å². The summed E-state index contributed by atoms with van der Waals surface area (Å²) in [5, 5.41) is 6.67. The molecule has 0 saturated carbocycles. The molecule has 27 heavy (non-hydrogen) atoms. The van der Waals surface area contributed by atoms with Crippen molar-refractivity contribution >= 4 is 38.3 Å². The molecule has 2 heterocycles. The Morgan fingerprint density at radius 2 is 1.85 bits per heavy atom. The fraction of sp³-hybridized carbons (Fsp3) is 0.0500. The third-order valence-electron chi connectivity index (χ3n) is 3.81. The molecular weight excluding hydrogens is 360 g/mol. The average molecular weight is 376 g/mol. The topological polar surface area (TPSA) is 76.1 Å². The van der Waals surface area contributed by atoms with Gasteiger partial charge in [-0.2, -0.15) is 0 Å². The number of rotatable bonds is 5. The minimum atomic E-state index is -0.255. The molecule has 0 spiro atoms. The third-order valence-corrected chi connectivity index (χ3v) is 4.75. The van der Waals surface area contributed by atoms with Gasteiger partial charge in [-0.05, 0) is 30.3 Å². The van der Waals surface area contributed by atoms with E-state index in [0.717, 1.165) is 21.0 Å². The van der Waals surface area contributed by atoms with Crippen LogP contribution in [0.4, 0.5) is 10.8 Å². The highest BCUT2D eigenvalue weighted by Gasteiger charge is 2.09. The quantitative estimate of drug-likeness (QED) is 0.533. The third kappa shape index (κ3) is 3.88. The van der Waals surface area contributed by atoms with Crippen LogP contribution in [0.25, 0.3) is 10.2 Å². The normalized spacial score (nSPS) is 10.6. The molecule has 0 fully saturated rings. The molecule has 7 heteroatoms. The Labute approximate surface area is 159 Å². The Morgan fingerprint density at radius 1 is 1.04 bits per heavy atom.